The summed E-state index contributed by atoms with van der Waals surface area (Å²) in [5.74, 6) is -0.933. The smallest absolute Gasteiger partial charge is 0.346 e. The zero-order valence-electron chi connectivity index (χ0n) is 24.2. The van der Waals surface area contributed by atoms with Crippen LogP contribution in [0.4, 0.5) is 11.4 Å². The lowest BCUT2D eigenvalue weighted by atomic mass is 10.1. The van der Waals surface area contributed by atoms with Crippen LogP contribution in [0.25, 0.3) is 10.1 Å². The third-order valence-electron chi connectivity index (χ3n) is 7.87. The highest BCUT2D eigenvalue weighted by atomic mass is 79.9. The monoisotopic (exact) mass is 741 g/mol. The number of aromatic carboxylic acids is 1. The highest BCUT2D eigenvalue weighted by Gasteiger charge is 2.30. The summed E-state index contributed by atoms with van der Waals surface area (Å²) in [7, 11) is 0. The number of anilines is 2. The lowest BCUT2D eigenvalue weighted by Crippen LogP contribution is -2.49. The predicted molar refractivity (Wildman–Crippen MR) is 189 cm³/mol. The van der Waals surface area contributed by atoms with Gasteiger partial charge < -0.3 is 19.5 Å². The maximum Gasteiger partial charge on any atom is 0.346 e. The summed E-state index contributed by atoms with van der Waals surface area (Å²) >= 11 is 10.8. The number of hydrogen-bond acceptors (Lipinski definition) is 7. The minimum Gasteiger partial charge on any atom is -0.588 e. The molecule has 2 aromatic heterocycles. The number of para-hydroxylation sites is 2. The summed E-state index contributed by atoms with van der Waals surface area (Å²) in [4.78, 5) is 30.6. The van der Waals surface area contributed by atoms with Crippen LogP contribution in [-0.2, 0) is 17.8 Å². The molecule has 45 heavy (non-hydrogen) atoms. The summed E-state index contributed by atoms with van der Waals surface area (Å²) in [6.45, 7) is 4.67. The first-order valence-corrected chi connectivity index (χ1v) is 18.2. The molecule has 1 amide bonds. The van der Waals surface area contributed by atoms with E-state index in [-0.39, 0.29) is 5.91 Å². The van der Waals surface area contributed by atoms with Crippen LogP contribution < -0.4 is 9.21 Å². The molecule has 1 fully saturated rings. The summed E-state index contributed by atoms with van der Waals surface area (Å²) < 4.78 is 18.1. The number of fused-ring (bicyclic) bond motifs is 1. The van der Waals surface area contributed by atoms with Crippen LogP contribution in [0.5, 0.6) is 0 Å². The van der Waals surface area contributed by atoms with Gasteiger partial charge in [-0.3, -0.25) is 4.79 Å². The number of nitrogens with zero attached hydrogens (tertiary/aromatic N) is 3. The molecule has 0 radical (unpaired) electrons. The van der Waals surface area contributed by atoms with Gasteiger partial charge in [-0.25, -0.2) is 4.79 Å². The van der Waals surface area contributed by atoms with E-state index in [0.717, 1.165) is 31.5 Å². The van der Waals surface area contributed by atoms with Gasteiger partial charge in [-0.2, -0.15) is 4.31 Å². The number of carboxylic acids is 1. The van der Waals surface area contributed by atoms with Crippen molar-refractivity contribution < 1.29 is 19.2 Å². The van der Waals surface area contributed by atoms with Crippen molar-refractivity contribution in [1.82, 2.24) is 4.90 Å². The molecule has 3 heterocycles. The largest absolute Gasteiger partial charge is 0.588 e. The Kier molecular flexibility index (Phi) is 9.74. The molecule has 3 aromatic carbocycles. The molecule has 5 aromatic rings. The van der Waals surface area contributed by atoms with Crippen LogP contribution in [0.2, 0.25) is 5.02 Å². The number of carbonyl (C=O) groups excluding carboxylic acids is 1. The van der Waals surface area contributed by atoms with Crippen LogP contribution in [-0.4, -0.2) is 59.2 Å². The summed E-state index contributed by atoms with van der Waals surface area (Å²) in [6, 6.07) is 23.1. The van der Waals surface area contributed by atoms with Gasteiger partial charge in [-0.1, -0.05) is 35.9 Å². The number of halogens is 2. The molecule has 1 saturated heterocycles. The molecule has 0 bridgehead atoms. The van der Waals surface area contributed by atoms with Gasteiger partial charge >= 0.3 is 5.97 Å². The first-order valence-electron chi connectivity index (χ1n) is 14.3. The van der Waals surface area contributed by atoms with Crippen molar-refractivity contribution in [2.75, 3.05) is 41.9 Å². The van der Waals surface area contributed by atoms with Crippen LogP contribution in [0, 0.1) is 6.92 Å². The molecule has 232 valence electrons. The molecule has 1 atom stereocenters. The molecular formula is C33H29BrClN3O4S3. The molecule has 12 heteroatoms. The fraction of sp³-hybridized carbons (Fsp3) is 0.212. The van der Waals surface area contributed by atoms with E-state index in [1.807, 2.05) is 87.4 Å². The molecule has 7 nitrogen and oxygen atoms in total. The number of hydrogen-bond donors (Lipinski definition) is 1. The highest BCUT2D eigenvalue weighted by molar-refractivity contribution is 9.10. The van der Waals surface area contributed by atoms with Crippen molar-refractivity contribution >= 4 is 94.9 Å². The van der Waals surface area contributed by atoms with E-state index in [4.69, 9.17) is 11.6 Å². The summed E-state index contributed by atoms with van der Waals surface area (Å²) in [6.07, 6.45) is 0.613. The molecule has 6 rings (SSSR count). The van der Waals surface area contributed by atoms with Gasteiger partial charge in [0.1, 0.15) is 26.8 Å². The maximum atomic E-state index is 14.5. The van der Waals surface area contributed by atoms with Crippen molar-refractivity contribution in [3.8, 4) is 0 Å². The molecule has 1 aliphatic rings. The van der Waals surface area contributed by atoms with E-state index in [0.29, 0.717) is 64.4 Å². The van der Waals surface area contributed by atoms with Gasteiger partial charge in [0.2, 0.25) is 0 Å². The zero-order valence-corrected chi connectivity index (χ0v) is 29.0. The van der Waals surface area contributed by atoms with Crippen LogP contribution in [0.3, 0.4) is 0 Å². The summed E-state index contributed by atoms with van der Waals surface area (Å²) in [5.41, 5.74) is 3.48. The fourth-order valence-corrected chi connectivity index (χ4v) is 9.54. The van der Waals surface area contributed by atoms with E-state index in [9.17, 15) is 19.2 Å². The van der Waals surface area contributed by atoms with Gasteiger partial charge in [0.05, 0.1) is 12.2 Å². The topological polar surface area (TPSA) is 87.2 Å². The Hall–Kier alpha value is -3.06. The lowest BCUT2D eigenvalue weighted by molar-refractivity contribution is 0.0700. The van der Waals surface area contributed by atoms with Gasteiger partial charge in [-0.15, -0.1) is 22.7 Å². The van der Waals surface area contributed by atoms with Gasteiger partial charge in [-0.05, 0) is 88.2 Å². The second-order valence-electron chi connectivity index (χ2n) is 10.6. The molecule has 0 spiro atoms. The Bertz CT molecular complexity index is 1870. The van der Waals surface area contributed by atoms with Crippen LogP contribution in [0.1, 0.15) is 30.5 Å². The quantitative estimate of drug-likeness (QED) is 0.154. The Morgan fingerprint density at radius 2 is 1.80 bits per heavy atom. The van der Waals surface area contributed by atoms with Gasteiger partial charge in [0.15, 0.2) is 4.90 Å². The zero-order chi connectivity index (χ0) is 31.7. The first-order chi connectivity index (χ1) is 21.7. The third kappa shape index (κ3) is 6.74. The second-order valence-corrected chi connectivity index (χ2v) is 15.3. The van der Waals surface area contributed by atoms with Crippen molar-refractivity contribution in [3.63, 3.8) is 0 Å². The number of amides is 1. The predicted octanol–water partition coefficient (Wildman–Crippen LogP) is 8.12. The average Bonchev–Trinajstić information content (AvgIpc) is 3.63. The molecule has 1 N–H and O–H groups in total. The minimum atomic E-state index is -1.61. The Morgan fingerprint density at radius 3 is 2.51 bits per heavy atom. The number of carbonyl (C=O) groups is 2. The maximum absolute atomic E-state index is 14.5. The average molecular weight is 743 g/mol. The number of piperazine rings is 1. The minimum absolute atomic E-state index is 0.0271. The standard InChI is InChI=1S/C33H29BrClN3O4S3/c1-21-25-20-24(9-10-29(25)44-30(21)33(40)41)45(42)38(13-11-22-5-4-6-23(35)19-22)28-8-3-2-7-27(28)36-14-16-37(17-15-36)32(39)31-26(34)12-18-43-31/h2-10,12,18-20H,11,13-17H2,1H3,(H,40,41). The highest BCUT2D eigenvalue weighted by Crippen LogP contribution is 2.37. The van der Waals surface area contributed by atoms with Crippen LogP contribution >= 0.6 is 50.2 Å². The van der Waals surface area contributed by atoms with Gasteiger partial charge in [0, 0.05) is 51.8 Å². The number of rotatable bonds is 9. The normalized spacial score (nSPS) is 14.1. The number of carboxylic acid groups (broad SMARTS) is 1. The number of thiophene rings is 2. The van der Waals surface area contributed by atoms with Crippen molar-refractivity contribution in [1.29, 1.82) is 0 Å². The first kappa shape index (κ1) is 31.9. The number of benzene rings is 3. The van der Waals surface area contributed by atoms with Crippen molar-refractivity contribution in [2.24, 2.45) is 0 Å². The molecule has 0 aliphatic carbocycles. The Morgan fingerprint density at radius 1 is 1.02 bits per heavy atom. The lowest BCUT2D eigenvalue weighted by Gasteiger charge is -2.38. The molecule has 1 aliphatic heterocycles. The van der Waals surface area contributed by atoms with E-state index >= 15 is 0 Å². The van der Waals surface area contributed by atoms with E-state index in [1.54, 1.807) is 6.92 Å². The fourth-order valence-electron chi connectivity index (χ4n) is 5.54. The Balaban J connectivity index is 1.31. The van der Waals surface area contributed by atoms with E-state index < -0.39 is 17.3 Å². The van der Waals surface area contributed by atoms with Crippen LogP contribution in [0.15, 0.2) is 87.5 Å². The van der Waals surface area contributed by atoms with Crippen molar-refractivity contribution in [3.05, 3.63) is 109 Å². The van der Waals surface area contributed by atoms with Crippen molar-refractivity contribution in [2.45, 2.75) is 18.2 Å². The SMILES string of the molecule is Cc1c(C(=O)O)sc2ccc([S+]([O-])N(CCc3cccc(Cl)c3)c3ccccc3N3CCN(C(=O)c4sccc4Br)CC3)cc12. The molecule has 1 unspecified atom stereocenters. The van der Waals surface area contributed by atoms with E-state index in [1.165, 1.54) is 22.7 Å². The summed E-state index contributed by atoms with van der Waals surface area (Å²) in [5, 5.41) is 13.0. The van der Waals surface area contributed by atoms with E-state index in [2.05, 4.69) is 20.8 Å². The molecular weight excluding hydrogens is 714 g/mol. The molecule has 0 saturated carbocycles. The Labute approximate surface area is 286 Å². The number of aryl methyl sites for hydroxylation is 1. The van der Waals surface area contributed by atoms with Gasteiger partial charge in [0.25, 0.3) is 5.91 Å². The third-order valence-corrected chi connectivity index (χ3v) is 12.6. The second kappa shape index (κ2) is 13.7.